The highest BCUT2D eigenvalue weighted by atomic mass is 32.2. The van der Waals surface area contributed by atoms with E-state index in [1.165, 1.54) is 28.6 Å². The first-order chi connectivity index (χ1) is 17.4. The molecule has 0 amide bonds. The van der Waals surface area contributed by atoms with Crippen molar-refractivity contribution in [3.8, 4) is 5.75 Å². The van der Waals surface area contributed by atoms with Gasteiger partial charge in [0.1, 0.15) is 5.75 Å². The number of aliphatic hydroxyl groups is 1. The van der Waals surface area contributed by atoms with Crippen molar-refractivity contribution in [2.75, 3.05) is 6.54 Å². The normalized spacial score (nSPS) is 22.2. The highest BCUT2D eigenvalue weighted by Gasteiger charge is 2.53. The maximum atomic E-state index is 13.9. The van der Waals surface area contributed by atoms with Gasteiger partial charge in [-0.3, -0.25) is 0 Å². The third-order valence-electron chi connectivity index (χ3n) is 6.91. The first kappa shape index (κ1) is 27.5. The number of hydrogen-bond donors (Lipinski definition) is 2. The van der Waals surface area contributed by atoms with Gasteiger partial charge in [-0.25, -0.2) is 8.42 Å². The zero-order valence-corrected chi connectivity index (χ0v) is 23.7. The Morgan fingerprint density at radius 2 is 1.46 bits per heavy atom. The summed E-state index contributed by atoms with van der Waals surface area (Å²) in [6, 6.07) is 24.8. The van der Waals surface area contributed by atoms with E-state index in [9.17, 15) is 18.6 Å². The molecule has 3 aromatic carbocycles. The van der Waals surface area contributed by atoms with Crippen molar-refractivity contribution in [2.24, 2.45) is 5.41 Å². The van der Waals surface area contributed by atoms with Crippen molar-refractivity contribution in [3.63, 3.8) is 0 Å². The summed E-state index contributed by atoms with van der Waals surface area (Å²) in [5.41, 5.74) is -1.80. The number of phenols is 1. The fourth-order valence-electron chi connectivity index (χ4n) is 5.01. The molecule has 0 bridgehead atoms. The molecule has 0 aromatic heterocycles. The Labute approximate surface area is 222 Å². The fourth-order valence-corrected chi connectivity index (χ4v) is 9.10. The topological polar surface area (TPSA) is 87.1 Å². The zero-order chi connectivity index (χ0) is 26.8. The highest BCUT2D eigenvalue weighted by Crippen LogP contribution is 2.40. The molecule has 0 saturated carbocycles. The van der Waals surface area contributed by atoms with E-state index in [1.54, 1.807) is 6.92 Å². The van der Waals surface area contributed by atoms with Crippen LogP contribution in [0.25, 0.3) is 0 Å². The molecular weight excluding hydrogens is 502 g/mol. The molecule has 37 heavy (non-hydrogen) atoms. The van der Waals surface area contributed by atoms with Gasteiger partial charge in [0.15, 0.2) is 0 Å². The van der Waals surface area contributed by atoms with Gasteiger partial charge in [-0.05, 0) is 59.8 Å². The summed E-state index contributed by atoms with van der Waals surface area (Å²) in [6.45, 7) is 8.09. The molecule has 1 fully saturated rings. The van der Waals surface area contributed by atoms with Crippen LogP contribution in [0.4, 0.5) is 0 Å². The van der Waals surface area contributed by atoms with Crippen LogP contribution in [0.5, 0.6) is 5.75 Å². The molecule has 1 saturated heterocycles. The number of sulfonamides is 1. The van der Waals surface area contributed by atoms with Gasteiger partial charge in [-0.1, -0.05) is 81.4 Å². The van der Waals surface area contributed by atoms with E-state index >= 15 is 0 Å². The molecule has 3 atom stereocenters. The first-order valence-corrected chi connectivity index (χ1v) is 15.4. The van der Waals surface area contributed by atoms with Crippen LogP contribution in [-0.2, 0) is 14.4 Å². The summed E-state index contributed by atoms with van der Waals surface area (Å²) in [4.78, 5) is 0.0808. The Morgan fingerprint density at radius 3 is 1.95 bits per heavy atom. The molecule has 4 rings (SSSR count). The van der Waals surface area contributed by atoms with E-state index < -0.39 is 42.2 Å². The van der Waals surface area contributed by atoms with Crippen molar-refractivity contribution >= 4 is 29.4 Å². The number of piperidine rings is 1. The second-order valence-corrected chi connectivity index (χ2v) is 14.9. The number of hydrogen-bond acceptors (Lipinski definition) is 5. The maximum Gasteiger partial charge on any atom is 0.283 e. The molecule has 0 spiro atoms. The number of rotatable bonds is 7. The van der Waals surface area contributed by atoms with Crippen molar-refractivity contribution < 1.29 is 23.1 Å². The molecule has 0 aliphatic carbocycles. The molecule has 8 heteroatoms. The van der Waals surface area contributed by atoms with Crippen molar-refractivity contribution in [1.82, 2.24) is 4.31 Å². The molecule has 1 heterocycles. The Hall–Kier alpha value is -2.49. The average molecular weight is 539 g/mol. The van der Waals surface area contributed by atoms with Crippen LogP contribution in [0, 0.1) is 5.41 Å². The lowest BCUT2D eigenvalue weighted by molar-refractivity contribution is -0.105. The van der Waals surface area contributed by atoms with Gasteiger partial charge in [-0.15, -0.1) is 0 Å². The summed E-state index contributed by atoms with van der Waals surface area (Å²) in [5.74, 6) is -0.00462. The molecule has 2 N–H and O–H groups in total. The van der Waals surface area contributed by atoms with E-state index in [2.05, 4.69) is 0 Å². The minimum Gasteiger partial charge on any atom is -0.508 e. The van der Waals surface area contributed by atoms with Gasteiger partial charge in [0, 0.05) is 6.54 Å². The van der Waals surface area contributed by atoms with Gasteiger partial charge >= 0.3 is 0 Å². The molecule has 3 aromatic rings. The minimum absolute atomic E-state index is 0.00462. The molecule has 1 aliphatic rings. The summed E-state index contributed by atoms with van der Waals surface area (Å²) in [7, 11) is -5.76. The molecule has 6 nitrogen and oxygen atoms in total. The average Bonchev–Trinajstić information content (AvgIpc) is 2.85. The van der Waals surface area contributed by atoms with E-state index in [-0.39, 0.29) is 17.2 Å². The zero-order valence-electron chi connectivity index (χ0n) is 21.8. The third kappa shape index (κ3) is 5.99. The number of benzene rings is 3. The summed E-state index contributed by atoms with van der Waals surface area (Å²) in [6.07, 6.45) is 0.393. The molecule has 197 valence electrons. The van der Waals surface area contributed by atoms with Crippen LogP contribution in [0.2, 0.25) is 0 Å². The van der Waals surface area contributed by atoms with Crippen LogP contribution in [0.1, 0.15) is 40.5 Å². The van der Waals surface area contributed by atoms with E-state index in [4.69, 9.17) is 4.43 Å². The smallest absolute Gasteiger partial charge is 0.283 e. The summed E-state index contributed by atoms with van der Waals surface area (Å²) < 4.78 is 36.3. The van der Waals surface area contributed by atoms with Gasteiger partial charge in [-0.2, -0.15) is 4.31 Å². The molecule has 3 unspecified atom stereocenters. The van der Waals surface area contributed by atoms with Crippen LogP contribution in [-0.4, -0.2) is 56.3 Å². The largest absolute Gasteiger partial charge is 0.508 e. The van der Waals surface area contributed by atoms with Crippen LogP contribution < -0.4 is 10.4 Å². The van der Waals surface area contributed by atoms with Gasteiger partial charge in [0.2, 0.25) is 10.0 Å². The third-order valence-corrected chi connectivity index (χ3v) is 11.0. The molecule has 1 radical (unpaired) electrons. The van der Waals surface area contributed by atoms with Gasteiger partial charge in [0.25, 0.3) is 9.04 Å². The van der Waals surface area contributed by atoms with E-state index in [0.717, 1.165) is 10.4 Å². The lowest BCUT2D eigenvalue weighted by Crippen LogP contribution is -2.67. The highest BCUT2D eigenvalue weighted by molar-refractivity contribution is 7.89. The maximum absolute atomic E-state index is 13.9. The van der Waals surface area contributed by atoms with Crippen molar-refractivity contribution in [1.29, 1.82) is 0 Å². The minimum atomic E-state index is -3.98. The summed E-state index contributed by atoms with van der Waals surface area (Å²) >= 11 is 0. The number of nitrogens with zero attached hydrogens (tertiary/aromatic N) is 1. The molecular formula is C29H36NO5SSi. The van der Waals surface area contributed by atoms with Crippen LogP contribution in [0.3, 0.4) is 0 Å². The second kappa shape index (κ2) is 10.7. The standard InChI is InChI=1S/C29H36NO5SSi/c1-28(2,3)27(35-37(24-12-7-5-8-13-24)25-14-9-6-10-15-25)26-29(4,32)20-11-21-30(26)36(33,34)23-18-16-22(31)17-19-23/h5-10,12-19,26-27,31-32H,11,20-21H2,1-4H3. The van der Waals surface area contributed by atoms with E-state index in [1.807, 2.05) is 81.4 Å². The number of aromatic hydroxyl groups is 1. The van der Waals surface area contributed by atoms with Crippen LogP contribution in [0.15, 0.2) is 89.8 Å². The predicted octanol–water partition coefficient (Wildman–Crippen LogP) is 3.53. The van der Waals surface area contributed by atoms with Crippen molar-refractivity contribution in [2.45, 2.75) is 63.2 Å². The van der Waals surface area contributed by atoms with Gasteiger partial charge < -0.3 is 14.6 Å². The van der Waals surface area contributed by atoms with E-state index in [0.29, 0.717) is 12.8 Å². The van der Waals surface area contributed by atoms with Crippen molar-refractivity contribution in [3.05, 3.63) is 84.9 Å². The quantitative estimate of drug-likeness (QED) is 0.450. The second-order valence-electron chi connectivity index (χ2n) is 11.0. The summed E-state index contributed by atoms with van der Waals surface area (Å²) in [5, 5.41) is 23.5. The lowest BCUT2D eigenvalue weighted by Gasteiger charge is -2.51. The number of phenolic OH excluding ortho intramolecular Hbond substituents is 1. The Bertz CT molecular complexity index is 1240. The van der Waals surface area contributed by atoms with Gasteiger partial charge in [0.05, 0.1) is 22.6 Å². The monoisotopic (exact) mass is 538 g/mol. The predicted molar refractivity (Wildman–Crippen MR) is 148 cm³/mol. The fraction of sp³-hybridized carbons (Fsp3) is 0.379. The Kier molecular flexibility index (Phi) is 7.97. The molecule has 1 aliphatic heterocycles. The van der Waals surface area contributed by atoms with Crippen LogP contribution >= 0.6 is 0 Å². The first-order valence-electron chi connectivity index (χ1n) is 12.6. The Balaban J connectivity index is 1.82. The Morgan fingerprint density at radius 1 is 0.946 bits per heavy atom. The SMILES string of the molecule is CC(C)(C)C(O[Si](c1ccccc1)c1ccccc1)C1N(S(=O)(=O)c2ccc(O)cc2)CCCC1(C)O. The lowest BCUT2D eigenvalue weighted by atomic mass is 9.75.